The summed E-state index contributed by atoms with van der Waals surface area (Å²) >= 11 is 0. The summed E-state index contributed by atoms with van der Waals surface area (Å²) in [6.07, 6.45) is 0. The predicted octanol–water partition coefficient (Wildman–Crippen LogP) is 6.62. The predicted molar refractivity (Wildman–Crippen MR) is 103 cm³/mol. The number of rotatable bonds is 3. The van der Waals surface area contributed by atoms with E-state index in [0.717, 1.165) is 0 Å². The average Bonchev–Trinajstić information content (AvgIpc) is 2.66. The summed E-state index contributed by atoms with van der Waals surface area (Å²) in [5, 5.41) is 2.53. The molecule has 0 aliphatic rings. The molecule has 4 rings (SSSR count). The van der Waals surface area contributed by atoms with Gasteiger partial charge in [0, 0.05) is 16.8 Å². The molecule has 0 atom stereocenters. The lowest BCUT2D eigenvalue weighted by Gasteiger charge is -2.28. The third kappa shape index (κ3) is 2.55. The van der Waals surface area contributed by atoms with Gasteiger partial charge >= 0.3 is 0 Å². The van der Waals surface area contributed by atoms with Crippen molar-refractivity contribution in [2.75, 3.05) is 4.90 Å². The molecule has 0 N–H and O–H groups in total. The molecule has 0 unspecified atom stereocenters. The normalized spacial score (nSPS) is 10.7. The Balaban J connectivity index is 2.04. The number of anilines is 3. The first-order valence-corrected chi connectivity index (χ1v) is 8.23. The maximum absolute atomic E-state index is 2.34. The third-order valence-corrected chi connectivity index (χ3v) is 4.35. The van der Waals surface area contributed by atoms with Crippen molar-refractivity contribution < 1.29 is 0 Å². The second-order valence-corrected chi connectivity index (χ2v) is 5.96. The Kier molecular flexibility index (Phi) is 3.76. The van der Waals surface area contributed by atoms with Gasteiger partial charge in [0.2, 0.25) is 0 Å². The van der Waals surface area contributed by atoms with Crippen molar-refractivity contribution in [1.82, 2.24) is 0 Å². The number of benzene rings is 4. The van der Waals surface area contributed by atoms with Crippen molar-refractivity contribution in [3.63, 3.8) is 0 Å². The molecule has 116 valence electrons. The highest BCUT2D eigenvalue weighted by molar-refractivity contribution is 6.00. The highest BCUT2D eigenvalue weighted by atomic mass is 15.1. The largest absolute Gasteiger partial charge is 0.310 e. The van der Waals surface area contributed by atoms with Crippen LogP contribution >= 0.6 is 0 Å². The number of aryl methyl sites for hydroxylation is 1. The molecule has 0 fully saturated rings. The zero-order chi connectivity index (χ0) is 16.4. The SMILES string of the molecule is Cc1ccc2ccccc2c1N(c1ccccc1)c1ccccc1. The fraction of sp³-hybridized carbons (Fsp3) is 0.0435. The monoisotopic (exact) mass is 309 g/mol. The van der Waals surface area contributed by atoms with Gasteiger partial charge in [0.25, 0.3) is 0 Å². The Labute approximate surface area is 142 Å². The van der Waals surface area contributed by atoms with Gasteiger partial charge in [0.05, 0.1) is 5.69 Å². The minimum Gasteiger partial charge on any atom is -0.310 e. The number of hydrogen-bond donors (Lipinski definition) is 0. The molecule has 1 heteroatoms. The smallest absolute Gasteiger partial charge is 0.0569 e. The molecular weight excluding hydrogens is 290 g/mol. The molecule has 0 saturated carbocycles. The Bertz CT molecular complexity index is 919. The van der Waals surface area contributed by atoms with Crippen molar-refractivity contribution in [3.05, 3.63) is 103 Å². The first-order valence-electron chi connectivity index (χ1n) is 8.23. The van der Waals surface area contributed by atoms with E-state index >= 15 is 0 Å². The molecule has 24 heavy (non-hydrogen) atoms. The second kappa shape index (κ2) is 6.21. The van der Waals surface area contributed by atoms with Crippen molar-refractivity contribution in [2.45, 2.75) is 6.92 Å². The van der Waals surface area contributed by atoms with Gasteiger partial charge in [-0.1, -0.05) is 72.8 Å². The number of para-hydroxylation sites is 2. The van der Waals surface area contributed by atoms with E-state index in [-0.39, 0.29) is 0 Å². The Morgan fingerprint density at radius 3 is 1.71 bits per heavy atom. The first-order chi connectivity index (χ1) is 11.8. The molecule has 0 bridgehead atoms. The fourth-order valence-corrected chi connectivity index (χ4v) is 3.22. The van der Waals surface area contributed by atoms with Crippen LogP contribution in [0.15, 0.2) is 97.1 Å². The van der Waals surface area contributed by atoms with Crippen LogP contribution in [-0.4, -0.2) is 0 Å². The van der Waals surface area contributed by atoms with E-state index in [4.69, 9.17) is 0 Å². The molecule has 0 saturated heterocycles. The van der Waals surface area contributed by atoms with Crippen LogP contribution in [0.3, 0.4) is 0 Å². The molecule has 0 aliphatic carbocycles. The van der Waals surface area contributed by atoms with E-state index in [1.54, 1.807) is 0 Å². The van der Waals surface area contributed by atoms with E-state index in [1.807, 2.05) is 0 Å². The topological polar surface area (TPSA) is 3.24 Å². The van der Waals surface area contributed by atoms with Gasteiger partial charge < -0.3 is 4.90 Å². The van der Waals surface area contributed by atoms with Gasteiger partial charge in [0.15, 0.2) is 0 Å². The minimum absolute atomic E-state index is 1.17. The lowest BCUT2D eigenvalue weighted by molar-refractivity contribution is 1.27. The van der Waals surface area contributed by atoms with Gasteiger partial charge in [-0.15, -0.1) is 0 Å². The lowest BCUT2D eigenvalue weighted by atomic mass is 10.0. The van der Waals surface area contributed by atoms with E-state index in [1.165, 1.54) is 33.4 Å². The number of hydrogen-bond acceptors (Lipinski definition) is 1. The van der Waals surface area contributed by atoms with Gasteiger partial charge in [0.1, 0.15) is 0 Å². The van der Waals surface area contributed by atoms with Crippen LogP contribution in [0, 0.1) is 6.92 Å². The summed E-state index contributed by atoms with van der Waals surface area (Å²) in [6.45, 7) is 2.18. The summed E-state index contributed by atoms with van der Waals surface area (Å²) < 4.78 is 0. The zero-order valence-corrected chi connectivity index (χ0v) is 13.7. The summed E-state index contributed by atoms with van der Waals surface area (Å²) in [7, 11) is 0. The molecular formula is C23H19N. The molecule has 0 radical (unpaired) electrons. The standard InChI is InChI=1S/C23H19N/c1-18-16-17-19-10-8-9-15-22(19)23(18)24(20-11-4-2-5-12-20)21-13-6-3-7-14-21/h2-17H,1H3. The molecule has 0 aliphatic heterocycles. The van der Waals surface area contributed by atoms with Gasteiger partial charge in [-0.2, -0.15) is 0 Å². The molecule has 4 aromatic carbocycles. The first kappa shape index (κ1) is 14.5. The maximum Gasteiger partial charge on any atom is 0.0569 e. The van der Waals surface area contributed by atoms with E-state index < -0.39 is 0 Å². The van der Waals surface area contributed by atoms with Crippen LogP contribution in [-0.2, 0) is 0 Å². The minimum atomic E-state index is 1.17. The van der Waals surface area contributed by atoms with Crippen LogP contribution in [0.2, 0.25) is 0 Å². The van der Waals surface area contributed by atoms with Crippen LogP contribution in [0.25, 0.3) is 10.8 Å². The highest BCUT2D eigenvalue weighted by Gasteiger charge is 2.16. The highest BCUT2D eigenvalue weighted by Crippen LogP contribution is 2.40. The van der Waals surface area contributed by atoms with Crippen LogP contribution in [0.5, 0.6) is 0 Å². The van der Waals surface area contributed by atoms with Crippen LogP contribution in [0.4, 0.5) is 17.1 Å². The average molecular weight is 309 g/mol. The summed E-state index contributed by atoms with van der Waals surface area (Å²) in [5.74, 6) is 0. The summed E-state index contributed by atoms with van der Waals surface area (Å²) in [4.78, 5) is 2.34. The van der Waals surface area contributed by atoms with Crippen LogP contribution < -0.4 is 4.90 Å². The Hall–Kier alpha value is -3.06. The quantitative estimate of drug-likeness (QED) is 0.411. The molecule has 1 nitrogen and oxygen atoms in total. The number of fused-ring (bicyclic) bond motifs is 1. The second-order valence-electron chi connectivity index (χ2n) is 5.96. The molecule has 0 amide bonds. The van der Waals surface area contributed by atoms with Gasteiger partial charge in [-0.3, -0.25) is 0 Å². The van der Waals surface area contributed by atoms with Gasteiger partial charge in [-0.25, -0.2) is 0 Å². The zero-order valence-electron chi connectivity index (χ0n) is 13.7. The number of nitrogens with zero attached hydrogens (tertiary/aromatic N) is 1. The van der Waals surface area contributed by atoms with Crippen LogP contribution in [0.1, 0.15) is 5.56 Å². The Morgan fingerprint density at radius 1 is 0.542 bits per heavy atom. The van der Waals surface area contributed by atoms with E-state index in [0.29, 0.717) is 0 Å². The Morgan fingerprint density at radius 2 is 1.08 bits per heavy atom. The maximum atomic E-state index is 2.34. The lowest BCUT2D eigenvalue weighted by Crippen LogP contribution is -2.11. The summed E-state index contributed by atoms with van der Waals surface area (Å²) in [6, 6.07) is 34.1. The molecule has 0 heterocycles. The van der Waals surface area contributed by atoms with E-state index in [9.17, 15) is 0 Å². The van der Waals surface area contributed by atoms with E-state index in [2.05, 4.69) is 109 Å². The van der Waals surface area contributed by atoms with Crippen molar-refractivity contribution >= 4 is 27.8 Å². The molecule has 0 aromatic heterocycles. The van der Waals surface area contributed by atoms with Gasteiger partial charge in [-0.05, 0) is 42.1 Å². The van der Waals surface area contributed by atoms with Crippen molar-refractivity contribution in [1.29, 1.82) is 0 Å². The van der Waals surface area contributed by atoms with Crippen molar-refractivity contribution in [3.8, 4) is 0 Å². The summed E-state index contributed by atoms with van der Waals surface area (Å²) in [5.41, 5.74) is 4.85. The molecule has 0 spiro atoms. The third-order valence-electron chi connectivity index (χ3n) is 4.35. The van der Waals surface area contributed by atoms with Crippen molar-refractivity contribution in [2.24, 2.45) is 0 Å². The fourth-order valence-electron chi connectivity index (χ4n) is 3.22. The molecule has 4 aromatic rings.